The van der Waals surface area contributed by atoms with Gasteiger partial charge in [-0.2, -0.15) is 0 Å². The lowest BCUT2D eigenvalue weighted by Gasteiger charge is -2.23. The van der Waals surface area contributed by atoms with Crippen LogP contribution in [0.3, 0.4) is 0 Å². The maximum absolute atomic E-state index is 9.06. The number of aryl methyl sites for hydroxylation is 1. The van der Waals surface area contributed by atoms with E-state index in [1.165, 1.54) is 33.3 Å². The van der Waals surface area contributed by atoms with Crippen molar-refractivity contribution in [2.45, 2.75) is 38.5 Å². The fraction of sp³-hybridized carbons (Fsp3) is 0.375. The SMILES string of the molecule is OCc1ccc(CNC2CCCc3sc(I)cc32)cc1. The van der Waals surface area contributed by atoms with E-state index in [9.17, 15) is 0 Å². The normalized spacial score (nSPS) is 18.0. The van der Waals surface area contributed by atoms with Crippen LogP contribution < -0.4 is 5.32 Å². The van der Waals surface area contributed by atoms with Crippen molar-refractivity contribution in [2.75, 3.05) is 0 Å². The summed E-state index contributed by atoms with van der Waals surface area (Å²) in [5.41, 5.74) is 3.76. The van der Waals surface area contributed by atoms with Gasteiger partial charge in [-0.15, -0.1) is 11.3 Å². The number of benzene rings is 1. The Labute approximate surface area is 137 Å². The fourth-order valence-corrected chi connectivity index (χ4v) is 4.86. The van der Waals surface area contributed by atoms with Crippen LogP contribution in [0.25, 0.3) is 0 Å². The van der Waals surface area contributed by atoms with Crippen molar-refractivity contribution >= 4 is 33.9 Å². The molecule has 0 saturated carbocycles. The number of halogens is 1. The number of hydrogen-bond acceptors (Lipinski definition) is 3. The largest absolute Gasteiger partial charge is 0.392 e. The Hall–Kier alpha value is -0.430. The fourth-order valence-electron chi connectivity index (χ4n) is 2.74. The van der Waals surface area contributed by atoms with Gasteiger partial charge in [0.1, 0.15) is 0 Å². The van der Waals surface area contributed by atoms with Crippen LogP contribution in [0.15, 0.2) is 30.3 Å². The highest BCUT2D eigenvalue weighted by atomic mass is 127. The predicted molar refractivity (Wildman–Crippen MR) is 91.9 cm³/mol. The van der Waals surface area contributed by atoms with E-state index in [1.807, 2.05) is 23.5 Å². The predicted octanol–water partition coefficient (Wildman–Crippen LogP) is 4.01. The first kappa shape index (κ1) is 14.5. The molecule has 4 heteroatoms. The van der Waals surface area contributed by atoms with Crippen LogP contribution in [0.4, 0.5) is 0 Å². The molecule has 0 radical (unpaired) electrons. The van der Waals surface area contributed by atoms with Gasteiger partial charge < -0.3 is 10.4 Å². The molecule has 0 fully saturated rings. The summed E-state index contributed by atoms with van der Waals surface area (Å²) in [6.45, 7) is 1.01. The molecular formula is C16H18INOS. The molecule has 0 amide bonds. The van der Waals surface area contributed by atoms with Crippen molar-refractivity contribution in [3.63, 3.8) is 0 Å². The average molecular weight is 399 g/mol. The highest BCUT2D eigenvalue weighted by molar-refractivity contribution is 14.1. The third-order valence-corrected chi connectivity index (χ3v) is 5.81. The van der Waals surface area contributed by atoms with Gasteiger partial charge >= 0.3 is 0 Å². The van der Waals surface area contributed by atoms with Gasteiger partial charge in [-0.25, -0.2) is 0 Å². The van der Waals surface area contributed by atoms with Gasteiger partial charge in [0.2, 0.25) is 0 Å². The molecule has 1 aliphatic rings. The maximum atomic E-state index is 9.06. The van der Waals surface area contributed by atoms with Crippen LogP contribution in [0.1, 0.15) is 40.5 Å². The number of aliphatic hydroxyl groups excluding tert-OH is 1. The molecule has 20 heavy (non-hydrogen) atoms. The van der Waals surface area contributed by atoms with Crippen molar-refractivity contribution in [1.29, 1.82) is 0 Å². The van der Waals surface area contributed by atoms with E-state index in [4.69, 9.17) is 5.11 Å². The summed E-state index contributed by atoms with van der Waals surface area (Å²) in [6.07, 6.45) is 3.76. The van der Waals surface area contributed by atoms with Crippen molar-refractivity contribution in [3.05, 3.63) is 54.8 Å². The molecule has 0 bridgehead atoms. The minimum atomic E-state index is 0.118. The third-order valence-electron chi connectivity index (χ3n) is 3.84. The smallest absolute Gasteiger partial charge is 0.0681 e. The Morgan fingerprint density at radius 1 is 1.25 bits per heavy atom. The molecule has 0 saturated heterocycles. The second kappa shape index (κ2) is 6.56. The minimum Gasteiger partial charge on any atom is -0.392 e. The van der Waals surface area contributed by atoms with E-state index < -0.39 is 0 Å². The zero-order valence-electron chi connectivity index (χ0n) is 11.2. The highest BCUT2D eigenvalue weighted by Gasteiger charge is 2.21. The maximum Gasteiger partial charge on any atom is 0.0681 e. The zero-order chi connectivity index (χ0) is 13.9. The van der Waals surface area contributed by atoms with E-state index in [0.29, 0.717) is 6.04 Å². The van der Waals surface area contributed by atoms with Crippen molar-refractivity contribution in [2.24, 2.45) is 0 Å². The number of fused-ring (bicyclic) bond motifs is 1. The van der Waals surface area contributed by atoms with Gasteiger partial charge in [0.05, 0.1) is 9.49 Å². The number of nitrogens with one attached hydrogen (secondary N) is 1. The van der Waals surface area contributed by atoms with Gasteiger partial charge in [0.15, 0.2) is 0 Å². The summed E-state index contributed by atoms with van der Waals surface area (Å²) in [7, 11) is 0. The zero-order valence-corrected chi connectivity index (χ0v) is 14.2. The van der Waals surface area contributed by atoms with Crippen LogP contribution in [0.2, 0.25) is 0 Å². The molecule has 0 spiro atoms. The molecule has 1 unspecified atom stereocenters. The van der Waals surface area contributed by atoms with E-state index in [1.54, 1.807) is 4.88 Å². The Morgan fingerprint density at radius 2 is 2.00 bits per heavy atom. The molecule has 1 heterocycles. The van der Waals surface area contributed by atoms with E-state index in [-0.39, 0.29) is 6.61 Å². The summed E-state index contributed by atoms with van der Waals surface area (Å²) in [5.74, 6) is 0. The van der Waals surface area contributed by atoms with Gasteiger partial charge in [-0.3, -0.25) is 0 Å². The van der Waals surface area contributed by atoms with Gasteiger partial charge in [0, 0.05) is 17.5 Å². The summed E-state index contributed by atoms with van der Waals surface area (Å²) in [4.78, 5) is 1.56. The summed E-state index contributed by atoms with van der Waals surface area (Å²) < 4.78 is 1.40. The third kappa shape index (κ3) is 3.24. The molecule has 3 rings (SSSR count). The molecule has 1 aromatic heterocycles. The lowest BCUT2D eigenvalue weighted by molar-refractivity contribution is 0.282. The van der Waals surface area contributed by atoms with Crippen LogP contribution in [-0.4, -0.2) is 5.11 Å². The molecule has 2 N–H and O–H groups in total. The van der Waals surface area contributed by atoms with Crippen LogP contribution in [-0.2, 0) is 19.6 Å². The first-order valence-electron chi connectivity index (χ1n) is 6.96. The van der Waals surface area contributed by atoms with Gasteiger partial charge in [0.25, 0.3) is 0 Å². The first-order valence-corrected chi connectivity index (χ1v) is 8.86. The Balaban J connectivity index is 1.66. The quantitative estimate of drug-likeness (QED) is 0.762. The second-order valence-electron chi connectivity index (χ2n) is 5.23. The summed E-state index contributed by atoms with van der Waals surface area (Å²) in [6, 6.07) is 11.0. The molecule has 106 valence electrons. The number of rotatable bonds is 4. The van der Waals surface area contributed by atoms with Gasteiger partial charge in [-0.05, 0) is 64.6 Å². The highest BCUT2D eigenvalue weighted by Crippen LogP contribution is 2.36. The first-order chi connectivity index (χ1) is 9.76. The van der Waals surface area contributed by atoms with E-state index >= 15 is 0 Å². The lowest BCUT2D eigenvalue weighted by atomic mass is 9.94. The van der Waals surface area contributed by atoms with Gasteiger partial charge in [-0.1, -0.05) is 24.3 Å². The molecule has 1 aliphatic carbocycles. The summed E-state index contributed by atoms with van der Waals surface area (Å²) >= 11 is 4.36. The summed E-state index contributed by atoms with van der Waals surface area (Å²) in [5, 5.41) is 12.7. The average Bonchev–Trinajstić information content (AvgIpc) is 2.86. The lowest BCUT2D eigenvalue weighted by Crippen LogP contribution is -2.23. The Morgan fingerprint density at radius 3 is 2.75 bits per heavy atom. The van der Waals surface area contributed by atoms with Crippen LogP contribution in [0, 0.1) is 2.88 Å². The Bertz CT molecular complexity index is 579. The van der Waals surface area contributed by atoms with Crippen molar-refractivity contribution < 1.29 is 5.11 Å². The molecule has 0 aliphatic heterocycles. The van der Waals surface area contributed by atoms with Crippen molar-refractivity contribution in [1.82, 2.24) is 5.32 Å². The monoisotopic (exact) mass is 399 g/mol. The minimum absolute atomic E-state index is 0.118. The standard InChI is InChI=1S/C16H18INOS/c17-16-8-13-14(2-1-3-15(13)20-16)18-9-11-4-6-12(10-19)7-5-11/h4-8,14,18-19H,1-3,9-10H2. The van der Waals surface area contributed by atoms with E-state index in [0.717, 1.165) is 12.1 Å². The van der Waals surface area contributed by atoms with E-state index in [2.05, 4.69) is 46.1 Å². The molecular weight excluding hydrogens is 381 g/mol. The van der Waals surface area contributed by atoms with Crippen molar-refractivity contribution in [3.8, 4) is 0 Å². The van der Waals surface area contributed by atoms with Crippen LogP contribution in [0.5, 0.6) is 0 Å². The molecule has 1 atom stereocenters. The second-order valence-corrected chi connectivity index (χ2v) is 8.26. The number of aliphatic hydroxyl groups is 1. The molecule has 2 nitrogen and oxygen atoms in total. The topological polar surface area (TPSA) is 32.3 Å². The molecule has 2 aromatic rings. The number of thiophene rings is 1. The Kier molecular flexibility index (Phi) is 4.75. The molecule has 1 aromatic carbocycles. The number of hydrogen-bond donors (Lipinski definition) is 2. The van der Waals surface area contributed by atoms with Crippen LogP contribution >= 0.6 is 33.9 Å².